The van der Waals surface area contributed by atoms with Gasteiger partial charge in [0.1, 0.15) is 0 Å². The normalized spacial score (nSPS) is 13.4. The van der Waals surface area contributed by atoms with Crippen molar-refractivity contribution in [1.82, 2.24) is 25.0 Å². The summed E-state index contributed by atoms with van der Waals surface area (Å²) < 4.78 is 0.975. The van der Waals surface area contributed by atoms with Crippen molar-refractivity contribution in [2.45, 2.75) is 25.4 Å². The average molecular weight is 475 g/mol. The van der Waals surface area contributed by atoms with Gasteiger partial charge < -0.3 is 15.1 Å². The SMILES string of the molecule is CN(C)CC(=O)Nc1cccc(CN(C(=O)c2nc3ccc(-c4cn[nH]c4)cc3s2)C2CC2)c1. The van der Waals surface area contributed by atoms with Gasteiger partial charge in [0.15, 0.2) is 5.01 Å². The van der Waals surface area contributed by atoms with Crippen LogP contribution in [0.3, 0.4) is 0 Å². The van der Waals surface area contributed by atoms with Gasteiger partial charge in [-0.2, -0.15) is 5.10 Å². The minimum Gasteiger partial charge on any atom is -0.329 e. The zero-order valence-corrected chi connectivity index (χ0v) is 19.9. The third-order valence-corrected chi connectivity index (χ3v) is 6.68. The minimum atomic E-state index is -0.0680. The van der Waals surface area contributed by atoms with Crippen molar-refractivity contribution in [3.8, 4) is 11.1 Å². The Morgan fingerprint density at radius 2 is 2.00 bits per heavy atom. The zero-order chi connectivity index (χ0) is 23.7. The van der Waals surface area contributed by atoms with Crippen molar-refractivity contribution < 1.29 is 9.59 Å². The Balaban J connectivity index is 1.35. The van der Waals surface area contributed by atoms with Crippen molar-refractivity contribution >= 4 is 39.1 Å². The molecule has 2 aromatic carbocycles. The van der Waals surface area contributed by atoms with Gasteiger partial charge in [-0.05, 0) is 62.3 Å². The first-order chi connectivity index (χ1) is 16.5. The lowest BCUT2D eigenvalue weighted by Gasteiger charge is -2.22. The zero-order valence-electron chi connectivity index (χ0n) is 19.1. The summed E-state index contributed by atoms with van der Waals surface area (Å²) in [7, 11) is 3.71. The Hall–Kier alpha value is -3.56. The van der Waals surface area contributed by atoms with Gasteiger partial charge in [-0.25, -0.2) is 4.98 Å². The predicted octanol–water partition coefficient (Wildman–Crippen LogP) is 3.99. The number of aromatic nitrogens is 3. The summed E-state index contributed by atoms with van der Waals surface area (Å²) in [6.07, 6.45) is 5.63. The van der Waals surface area contributed by atoms with Gasteiger partial charge in [-0.1, -0.05) is 18.2 Å². The summed E-state index contributed by atoms with van der Waals surface area (Å²) in [6, 6.07) is 13.9. The first kappa shape index (κ1) is 22.2. The summed E-state index contributed by atoms with van der Waals surface area (Å²) >= 11 is 1.42. The molecule has 2 heterocycles. The van der Waals surface area contributed by atoms with E-state index in [0.29, 0.717) is 18.1 Å². The van der Waals surface area contributed by atoms with Gasteiger partial charge in [-0.15, -0.1) is 11.3 Å². The van der Waals surface area contributed by atoms with Crippen LogP contribution in [0.1, 0.15) is 28.2 Å². The summed E-state index contributed by atoms with van der Waals surface area (Å²) in [5, 5.41) is 10.3. The third kappa shape index (κ3) is 5.00. The maximum absolute atomic E-state index is 13.5. The third-order valence-electron chi connectivity index (χ3n) is 5.67. The average Bonchev–Trinajstić information content (AvgIpc) is 3.31. The van der Waals surface area contributed by atoms with Gasteiger partial charge in [0.2, 0.25) is 5.91 Å². The fourth-order valence-electron chi connectivity index (χ4n) is 3.91. The first-order valence-electron chi connectivity index (χ1n) is 11.2. The van der Waals surface area contributed by atoms with E-state index < -0.39 is 0 Å². The number of benzene rings is 2. The van der Waals surface area contributed by atoms with Crippen LogP contribution in [0.4, 0.5) is 5.69 Å². The molecule has 9 heteroatoms. The van der Waals surface area contributed by atoms with Crippen LogP contribution >= 0.6 is 11.3 Å². The van der Waals surface area contributed by atoms with E-state index in [0.717, 1.165) is 45.4 Å². The van der Waals surface area contributed by atoms with Crippen LogP contribution in [0.15, 0.2) is 54.9 Å². The molecule has 0 aliphatic heterocycles. The van der Waals surface area contributed by atoms with E-state index in [4.69, 9.17) is 0 Å². The number of H-pyrrole nitrogens is 1. The number of fused-ring (bicyclic) bond motifs is 1. The van der Waals surface area contributed by atoms with Gasteiger partial charge in [-0.3, -0.25) is 14.7 Å². The summed E-state index contributed by atoms with van der Waals surface area (Å²) in [4.78, 5) is 34.0. The second-order valence-electron chi connectivity index (χ2n) is 8.84. The predicted molar refractivity (Wildman–Crippen MR) is 134 cm³/mol. The highest BCUT2D eigenvalue weighted by atomic mass is 32.1. The van der Waals surface area contributed by atoms with E-state index in [-0.39, 0.29) is 17.9 Å². The Bertz CT molecular complexity index is 1330. The fraction of sp³-hybridized carbons (Fsp3) is 0.280. The number of likely N-dealkylation sites (N-methyl/N-ethyl adjacent to an activating group) is 1. The van der Waals surface area contributed by atoms with Gasteiger partial charge in [0.05, 0.1) is 23.0 Å². The molecule has 34 heavy (non-hydrogen) atoms. The first-order valence-corrected chi connectivity index (χ1v) is 12.0. The van der Waals surface area contributed by atoms with E-state index in [9.17, 15) is 9.59 Å². The lowest BCUT2D eigenvalue weighted by molar-refractivity contribution is -0.116. The smallest absolute Gasteiger partial charge is 0.283 e. The fourth-order valence-corrected chi connectivity index (χ4v) is 4.87. The number of hydrogen-bond donors (Lipinski definition) is 2. The van der Waals surface area contributed by atoms with Gasteiger partial charge in [0, 0.05) is 30.0 Å². The highest BCUT2D eigenvalue weighted by molar-refractivity contribution is 7.20. The number of amides is 2. The van der Waals surface area contributed by atoms with E-state index >= 15 is 0 Å². The molecule has 0 saturated heterocycles. The molecule has 174 valence electrons. The maximum atomic E-state index is 13.5. The molecule has 5 rings (SSSR count). The highest BCUT2D eigenvalue weighted by Crippen LogP contribution is 2.33. The van der Waals surface area contributed by atoms with Gasteiger partial charge in [0.25, 0.3) is 5.91 Å². The van der Waals surface area contributed by atoms with Crippen molar-refractivity contribution in [2.75, 3.05) is 26.0 Å². The Morgan fingerprint density at radius 3 is 2.74 bits per heavy atom. The topological polar surface area (TPSA) is 94.2 Å². The molecular formula is C25H26N6O2S. The Kier molecular flexibility index (Phi) is 6.12. The number of rotatable bonds is 8. The lowest BCUT2D eigenvalue weighted by Crippen LogP contribution is -2.32. The lowest BCUT2D eigenvalue weighted by atomic mass is 10.1. The van der Waals surface area contributed by atoms with Crippen molar-refractivity contribution in [1.29, 1.82) is 0 Å². The Morgan fingerprint density at radius 1 is 1.15 bits per heavy atom. The molecule has 1 fully saturated rings. The molecule has 1 saturated carbocycles. The van der Waals surface area contributed by atoms with Crippen LogP contribution < -0.4 is 5.32 Å². The standard InChI is InChI=1S/C25H26N6O2S/c1-30(2)15-23(32)28-19-5-3-4-16(10-19)14-31(20-7-8-20)25(33)24-29-21-9-6-17(11-22(21)34-24)18-12-26-27-13-18/h3-6,9-13,20H,7-8,14-15H2,1-2H3,(H,26,27)(H,28,32). The number of nitrogens with zero attached hydrogens (tertiary/aromatic N) is 4. The minimum absolute atomic E-state index is 0.0457. The number of nitrogens with one attached hydrogen (secondary N) is 2. The van der Waals surface area contributed by atoms with Crippen LogP contribution in [0, 0.1) is 0 Å². The molecule has 1 aliphatic rings. The van der Waals surface area contributed by atoms with Crippen molar-refractivity contribution in [3.63, 3.8) is 0 Å². The van der Waals surface area contributed by atoms with Crippen LogP contribution in [0.25, 0.3) is 21.3 Å². The molecule has 0 spiro atoms. The van der Waals surface area contributed by atoms with Crippen LogP contribution in [0.5, 0.6) is 0 Å². The van der Waals surface area contributed by atoms with Crippen molar-refractivity contribution in [2.24, 2.45) is 0 Å². The summed E-state index contributed by atoms with van der Waals surface area (Å²) in [5.74, 6) is -0.114. The second-order valence-corrected chi connectivity index (χ2v) is 9.87. The van der Waals surface area contributed by atoms with Crippen LogP contribution in [-0.2, 0) is 11.3 Å². The Labute approximate surface area is 201 Å². The molecule has 0 bridgehead atoms. The highest BCUT2D eigenvalue weighted by Gasteiger charge is 2.34. The second kappa shape index (κ2) is 9.36. The summed E-state index contributed by atoms with van der Waals surface area (Å²) in [6.45, 7) is 0.800. The van der Waals surface area contributed by atoms with E-state index in [1.807, 2.05) is 66.5 Å². The molecule has 2 amide bonds. The number of carbonyl (C=O) groups is 2. The monoisotopic (exact) mass is 474 g/mol. The van der Waals surface area contributed by atoms with Gasteiger partial charge >= 0.3 is 0 Å². The number of aromatic amines is 1. The van der Waals surface area contributed by atoms with Crippen molar-refractivity contribution in [3.05, 3.63) is 65.4 Å². The van der Waals surface area contributed by atoms with E-state index in [1.165, 1.54) is 11.3 Å². The molecule has 8 nitrogen and oxygen atoms in total. The van der Waals surface area contributed by atoms with E-state index in [1.54, 1.807) is 6.20 Å². The molecule has 4 aromatic rings. The number of hydrogen-bond acceptors (Lipinski definition) is 6. The molecule has 0 radical (unpaired) electrons. The number of anilines is 1. The van der Waals surface area contributed by atoms with Crippen LogP contribution in [-0.4, -0.2) is 63.5 Å². The number of carbonyl (C=O) groups excluding carboxylic acids is 2. The molecule has 0 atom stereocenters. The maximum Gasteiger partial charge on any atom is 0.283 e. The largest absolute Gasteiger partial charge is 0.329 e. The number of thiazole rings is 1. The molecule has 1 aliphatic carbocycles. The summed E-state index contributed by atoms with van der Waals surface area (Å²) in [5.41, 5.74) is 4.57. The quantitative estimate of drug-likeness (QED) is 0.403. The molecule has 0 unspecified atom stereocenters. The molecule has 2 N–H and O–H groups in total. The molecular weight excluding hydrogens is 448 g/mol. The van der Waals surface area contributed by atoms with E-state index in [2.05, 4.69) is 26.6 Å². The molecule has 2 aromatic heterocycles. The van der Waals surface area contributed by atoms with Crippen LogP contribution in [0.2, 0.25) is 0 Å².